The van der Waals surface area contributed by atoms with E-state index in [0.29, 0.717) is 23.1 Å². The van der Waals surface area contributed by atoms with E-state index < -0.39 is 24.5 Å². The molecule has 1 fully saturated rings. The molecule has 1 aromatic rings. The van der Waals surface area contributed by atoms with Gasteiger partial charge in [0.1, 0.15) is 5.82 Å². The molecule has 0 aromatic heterocycles. The van der Waals surface area contributed by atoms with Gasteiger partial charge < -0.3 is 5.32 Å². The average Bonchev–Trinajstić information content (AvgIpc) is 2.37. The van der Waals surface area contributed by atoms with E-state index in [2.05, 4.69) is 21.2 Å². The van der Waals surface area contributed by atoms with E-state index >= 15 is 0 Å². The van der Waals surface area contributed by atoms with Crippen molar-refractivity contribution in [1.82, 2.24) is 10.2 Å². The second-order valence-corrected chi connectivity index (χ2v) is 6.07. The van der Waals surface area contributed by atoms with Gasteiger partial charge in [0, 0.05) is 43.1 Å². The number of benzene rings is 1. The third-order valence-corrected chi connectivity index (χ3v) is 4.02. The number of alkyl halides is 3. The zero-order valence-electron chi connectivity index (χ0n) is 11.4. The molecule has 21 heavy (non-hydrogen) atoms. The van der Waals surface area contributed by atoms with Gasteiger partial charge in [-0.05, 0) is 30.2 Å². The van der Waals surface area contributed by atoms with Crippen molar-refractivity contribution >= 4 is 15.9 Å². The normalized spacial score (nSPS) is 18.7. The summed E-state index contributed by atoms with van der Waals surface area (Å²) in [6, 6.07) is 3.92. The quantitative estimate of drug-likeness (QED) is 0.811. The zero-order valence-corrected chi connectivity index (χ0v) is 13.0. The Labute approximate surface area is 129 Å². The van der Waals surface area contributed by atoms with Crippen LogP contribution in [0.4, 0.5) is 17.6 Å². The molecule has 0 bridgehead atoms. The van der Waals surface area contributed by atoms with Crippen molar-refractivity contribution in [1.29, 1.82) is 0 Å². The van der Waals surface area contributed by atoms with Gasteiger partial charge in [0.15, 0.2) is 0 Å². The predicted molar refractivity (Wildman–Crippen MR) is 76.6 cm³/mol. The highest BCUT2D eigenvalue weighted by Gasteiger charge is 2.31. The molecule has 0 unspecified atom stereocenters. The van der Waals surface area contributed by atoms with E-state index in [9.17, 15) is 17.6 Å². The SMILES string of the molecule is Fc1cc(Br)cc([C@@H](CCC(F)(F)F)N2CCNCC2)c1. The summed E-state index contributed by atoms with van der Waals surface area (Å²) in [6.45, 7) is 2.80. The third-order valence-electron chi connectivity index (χ3n) is 3.56. The van der Waals surface area contributed by atoms with Gasteiger partial charge in [0.2, 0.25) is 0 Å². The van der Waals surface area contributed by atoms with E-state index in [0.717, 1.165) is 13.1 Å². The standard InChI is InChI=1S/C14H17BrF4N2/c15-11-7-10(8-12(16)9-11)13(1-2-14(17,18)19)21-5-3-20-4-6-21/h7-9,13,20H,1-6H2/t13-/m1/s1. The van der Waals surface area contributed by atoms with E-state index in [1.165, 1.54) is 12.1 Å². The Bertz CT molecular complexity index is 452. The Morgan fingerprint density at radius 2 is 1.86 bits per heavy atom. The van der Waals surface area contributed by atoms with E-state index in [1.54, 1.807) is 6.07 Å². The van der Waals surface area contributed by atoms with Gasteiger partial charge in [-0.1, -0.05) is 15.9 Å². The second-order valence-electron chi connectivity index (χ2n) is 5.16. The number of hydrogen-bond acceptors (Lipinski definition) is 2. The summed E-state index contributed by atoms with van der Waals surface area (Å²) in [5, 5.41) is 3.17. The van der Waals surface area contributed by atoms with Gasteiger partial charge in [-0.3, -0.25) is 4.90 Å². The first-order chi connectivity index (χ1) is 9.85. The first-order valence-corrected chi connectivity index (χ1v) is 7.62. The molecule has 1 aromatic carbocycles. The van der Waals surface area contributed by atoms with E-state index in [4.69, 9.17) is 0 Å². The summed E-state index contributed by atoms with van der Waals surface area (Å²) >= 11 is 3.20. The van der Waals surface area contributed by atoms with Crippen LogP contribution in [0.2, 0.25) is 0 Å². The molecule has 0 radical (unpaired) electrons. The molecular formula is C14H17BrF4N2. The van der Waals surface area contributed by atoms with Crippen LogP contribution in [0.5, 0.6) is 0 Å². The van der Waals surface area contributed by atoms with Crippen LogP contribution in [0, 0.1) is 5.82 Å². The van der Waals surface area contributed by atoms with Gasteiger partial charge in [-0.2, -0.15) is 13.2 Å². The molecule has 1 atom stereocenters. The topological polar surface area (TPSA) is 15.3 Å². The van der Waals surface area contributed by atoms with Crippen molar-refractivity contribution in [3.8, 4) is 0 Å². The molecule has 7 heteroatoms. The Morgan fingerprint density at radius 3 is 2.43 bits per heavy atom. The van der Waals surface area contributed by atoms with Crippen LogP contribution >= 0.6 is 15.9 Å². The molecule has 0 saturated carbocycles. The van der Waals surface area contributed by atoms with Gasteiger partial charge in [0.05, 0.1) is 0 Å². The number of piperazine rings is 1. The fourth-order valence-corrected chi connectivity index (χ4v) is 3.10. The van der Waals surface area contributed by atoms with Crippen LogP contribution in [-0.2, 0) is 0 Å². The lowest BCUT2D eigenvalue weighted by Gasteiger charge is -2.35. The molecule has 1 heterocycles. The highest BCUT2D eigenvalue weighted by Crippen LogP contribution is 2.33. The van der Waals surface area contributed by atoms with Gasteiger partial charge in [-0.15, -0.1) is 0 Å². The molecule has 0 aliphatic carbocycles. The lowest BCUT2D eigenvalue weighted by molar-refractivity contribution is -0.138. The number of halogens is 5. The summed E-state index contributed by atoms with van der Waals surface area (Å²) in [5.41, 5.74) is 0.591. The summed E-state index contributed by atoms with van der Waals surface area (Å²) in [6.07, 6.45) is -5.12. The summed E-state index contributed by atoms with van der Waals surface area (Å²) in [5.74, 6) is -0.438. The molecule has 0 spiro atoms. The number of nitrogens with one attached hydrogen (secondary N) is 1. The van der Waals surface area contributed by atoms with Crippen molar-refractivity contribution in [2.75, 3.05) is 26.2 Å². The van der Waals surface area contributed by atoms with Crippen molar-refractivity contribution in [3.05, 3.63) is 34.1 Å². The second kappa shape index (κ2) is 7.07. The average molecular weight is 369 g/mol. The molecular weight excluding hydrogens is 352 g/mol. The van der Waals surface area contributed by atoms with Crippen LogP contribution in [0.25, 0.3) is 0 Å². The Morgan fingerprint density at radius 1 is 1.19 bits per heavy atom. The van der Waals surface area contributed by atoms with Crippen molar-refractivity contribution in [3.63, 3.8) is 0 Å². The minimum absolute atomic E-state index is 0.0562. The first kappa shape index (κ1) is 16.7. The van der Waals surface area contributed by atoms with Crippen molar-refractivity contribution < 1.29 is 17.6 Å². The van der Waals surface area contributed by atoms with Gasteiger partial charge in [-0.25, -0.2) is 4.39 Å². The maximum Gasteiger partial charge on any atom is 0.389 e. The van der Waals surface area contributed by atoms with Crippen LogP contribution in [0.15, 0.2) is 22.7 Å². The minimum atomic E-state index is -4.20. The molecule has 1 saturated heterocycles. The summed E-state index contributed by atoms with van der Waals surface area (Å²) in [4.78, 5) is 1.99. The monoisotopic (exact) mass is 368 g/mol. The maximum absolute atomic E-state index is 13.5. The third kappa shape index (κ3) is 5.23. The van der Waals surface area contributed by atoms with Gasteiger partial charge >= 0.3 is 6.18 Å². The number of rotatable bonds is 4. The molecule has 0 amide bonds. The zero-order chi connectivity index (χ0) is 15.5. The van der Waals surface area contributed by atoms with E-state index in [-0.39, 0.29) is 6.42 Å². The lowest BCUT2D eigenvalue weighted by atomic mass is 9.99. The molecule has 118 valence electrons. The Hall–Kier alpha value is -0.660. The lowest BCUT2D eigenvalue weighted by Crippen LogP contribution is -2.45. The van der Waals surface area contributed by atoms with Crippen LogP contribution < -0.4 is 5.32 Å². The highest BCUT2D eigenvalue weighted by atomic mass is 79.9. The maximum atomic E-state index is 13.5. The largest absolute Gasteiger partial charge is 0.389 e. The fourth-order valence-electron chi connectivity index (χ4n) is 2.62. The van der Waals surface area contributed by atoms with Crippen LogP contribution in [0.3, 0.4) is 0 Å². The van der Waals surface area contributed by atoms with Gasteiger partial charge in [0.25, 0.3) is 0 Å². The number of nitrogens with zero attached hydrogens (tertiary/aromatic N) is 1. The minimum Gasteiger partial charge on any atom is -0.314 e. The van der Waals surface area contributed by atoms with Crippen molar-refractivity contribution in [2.24, 2.45) is 0 Å². The highest BCUT2D eigenvalue weighted by molar-refractivity contribution is 9.10. The Balaban J connectivity index is 2.21. The molecule has 1 aliphatic rings. The van der Waals surface area contributed by atoms with Crippen molar-refractivity contribution in [2.45, 2.75) is 25.1 Å². The number of hydrogen-bond donors (Lipinski definition) is 1. The first-order valence-electron chi connectivity index (χ1n) is 6.83. The van der Waals surface area contributed by atoms with E-state index in [1.807, 2.05) is 4.90 Å². The molecule has 1 N–H and O–H groups in total. The Kier molecular flexibility index (Phi) is 5.62. The summed E-state index contributed by atoms with van der Waals surface area (Å²) in [7, 11) is 0. The molecule has 2 nitrogen and oxygen atoms in total. The van der Waals surface area contributed by atoms with Crippen LogP contribution in [-0.4, -0.2) is 37.3 Å². The molecule has 1 aliphatic heterocycles. The summed E-state index contributed by atoms with van der Waals surface area (Å²) < 4.78 is 51.7. The predicted octanol–water partition coefficient (Wildman–Crippen LogP) is 3.88. The van der Waals surface area contributed by atoms with Crippen LogP contribution in [0.1, 0.15) is 24.4 Å². The molecule has 2 rings (SSSR count). The smallest absolute Gasteiger partial charge is 0.314 e. The fraction of sp³-hybridized carbons (Fsp3) is 0.571.